The van der Waals surface area contributed by atoms with Crippen molar-refractivity contribution >= 4 is 11.9 Å². The van der Waals surface area contributed by atoms with Crippen LogP contribution in [0.1, 0.15) is 39.0 Å². The minimum Gasteiger partial charge on any atom is -0.481 e. The number of carboxylic acids is 1. The maximum atomic E-state index is 12.0. The molecular weight excluding hydrogens is 222 g/mol. The minimum atomic E-state index is -0.887. The van der Waals surface area contributed by atoms with Gasteiger partial charge in [-0.05, 0) is 19.3 Å². The second-order valence-corrected chi connectivity index (χ2v) is 4.63. The Kier molecular flexibility index (Phi) is 5.41. The molecule has 1 aliphatic carbocycles. The van der Waals surface area contributed by atoms with E-state index >= 15 is 0 Å². The molecule has 1 rings (SSSR count). The Balaban J connectivity index is 2.61. The standard InChI is InChI=1S/C12H21NO4/c1-2-8(7-14)13-11(15)9-5-3-4-6-10(9)12(16)17/h8-10,14H,2-7H2,1H3,(H,13,15)(H,16,17)/t8-,9+,10-/m0/s1. The van der Waals surface area contributed by atoms with E-state index in [4.69, 9.17) is 10.2 Å². The lowest BCUT2D eigenvalue weighted by atomic mass is 9.78. The van der Waals surface area contributed by atoms with Gasteiger partial charge < -0.3 is 15.5 Å². The number of carbonyl (C=O) groups is 2. The quantitative estimate of drug-likeness (QED) is 0.665. The van der Waals surface area contributed by atoms with Crippen LogP contribution in [0.25, 0.3) is 0 Å². The van der Waals surface area contributed by atoms with Gasteiger partial charge in [0.2, 0.25) is 5.91 Å². The van der Waals surface area contributed by atoms with Crippen molar-refractivity contribution in [1.82, 2.24) is 5.32 Å². The largest absolute Gasteiger partial charge is 0.481 e. The molecule has 1 amide bonds. The fraction of sp³-hybridized carbons (Fsp3) is 0.833. The molecule has 0 aliphatic heterocycles. The third kappa shape index (κ3) is 3.70. The molecule has 0 spiro atoms. The Morgan fingerprint density at radius 3 is 2.35 bits per heavy atom. The van der Waals surface area contributed by atoms with Crippen molar-refractivity contribution < 1.29 is 19.8 Å². The second kappa shape index (κ2) is 6.59. The highest BCUT2D eigenvalue weighted by Gasteiger charge is 2.36. The molecule has 0 saturated heterocycles. The van der Waals surface area contributed by atoms with E-state index in [1.54, 1.807) is 0 Å². The fourth-order valence-corrected chi connectivity index (χ4v) is 2.33. The number of amides is 1. The molecule has 1 aliphatic rings. The molecule has 17 heavy (non-hydrogen) atoms. The molecule has 98 valence electrons. The molecule has 3 atom stereocenters. The highest BCUT2D eigenvalue weighted by atomic mass is 16.4. The molecule has 0 heterocycles. The van der Waals surface area contributed by atoms with Crippen LogP contribution in [-0.4, -0.2) is 34.7 Å². The van der Waals surface area contributed by atoms with Gasteiger partial charge in [0.15, 0.2) is 0 Å². The predicted molar refractivity (Wildman–Crippen MR) is 62.4 cm³/mol. The van der Waals surface area contributed by atoms with Crippen LogP contribution in [0.15, 0.2) is 0 Å². The van der Waals surface area contributed by atoms with Crippen molar-refractivity contribution in [1.29, 1.82) is 0 Å². The van der Waals surface area contributed by atoms with Gasteiger partial charge in [-0.3, -0.25) is 9.59 Å². The fourth-order valence-electron chi connectivity index (χ4n) is 2.33. The molecule has 0 aromatic carbocycles. The topological polar surface area (TPSA) is 86.6 Å². The molecule has 5 heteroatoms. The summed E-state index contributed by atoms with van der Waals surface area (Å²) in [7, 11) is 0. The minimum absolute atomic E-state index is 0.104. The zero-order valence-corrected chi connectivity index (χ0v) is 10.2. The van der Waals surface area contributed by atoms with E-state index in [1.165, 1.54) is 0 Å². The Labute approximate surface area is 101 Å². The number of hydrogen-bond acceptors (Lipinski definition) is 3. The van der Waals surface area contributed by atoms with Crippen molar-refractivity contribution in [2.45, 2.75) is 45.1 Å². The van der Waals surface area contributed by atoms with E-state index in [0.717, 1.165) is 12.8 Å². The van der Waals surface area contributed by atoms with E-state index in [9.17, 15) is 9.59 Å². The summed E-state index contributed by atoms with van der Waals surface area (Å²) in [6, 6.07) is -0.265. The van der Waals surface area contributed by atoms with E-state index in [-0.39, 0.29) is 18.6 Å². The maximum Gasteiger partial charge on any atom is 0.307 e. The zero-order valence-electron chi connectivity index (χ0n) is 10.2. The SMILES string of the molecule is CC[C@@H](CO)NC(=O)[C@@H]1CCCC[C@@H]1C(=O)O. The monoisotopic (exact) mass is 243 g/mol. The van der Waals surface area contributed by atoms with E-state index < -0.39 is 17.8 Å². The summed E-state index contributed by atoms with van der Waals surface area (Å²) >= 11 is 0. The van der Waals surface area contributed by atoms with Gasteiger partial charge in [-0.25, -0.2) is 0 Å². The summed E-state index contributed by atoms with van der Waals surface area (Å²) in [4.78, 5) is 23.0. The second-order valence-electron chi connectivity index (χ2n) is 4.63. The van der Waals surface area contributed by atoms with Crippen molar-refractivity contribution in [3.63, 3.8) is 0 Å². The van der Waals surface area contributed by atoms with Gasteiger partial charge in [-0.15, -0.1) is 0 Å². The zero-order chi connectivity index (χ0) is 12.8. The van der Waals surface area contributed by atoms with E-state index in [0.29, 0.717) is 19.3 Å². The van der Waals surface area contributed by atoms with Gasteiger partial charge >= 0.3 is 5.97 Å². The summed E-state index contributed by atoms with van der Waals surface area (Å²) in [6.07, 6.45) is 3.62. The average Bonchev–Trinajstić information content (AvgIpc) is 2.35. The lowest BCUT2D eigenvalue weighted by Gasteiger charge is -2.28. The first-order valence-corrected chi connectivity index (χ1v) is 6.24. The number of carbonyl (C=O) groups excluding carboxylic acids is 1. The summed E-state index contributed by atoms with van der Waals surface area (Å²) in [5, 5.41) is 20.8. The maximum absolute atomic E-state index is 12.0. The summed E-state index contributed by atoms with van der Waals surface area (Å²) in [5.41, 5.74) is 0. The van der Waals surface area contributed by atoms with Crippen molar-refractivity contribution in [3.05, 3.63) is 0 Å². The Morgan fingerprint density at radius 1 is 1.29 bits per heavy atom. The van der Waals surface area contributed by atoms with E-state index in [2.05, 4.69) is 5.32 Å². The van der Waals surface area contributed by atoms with Crippen LogP contribution in [0.2, 0.25) is 0 Å². The van der Waals surface area contributed by atoms with Crippen molar-refractivity contribution in [3.8, 4) is 0 Å². The molecule has 5 nitrogen and oxygen atoms in total. The molecule has 1 fully saturated rings. The van der Waals surface area contributed by atoms with Gasteiger partial charge in [0.25, 0.3) is 0 Å². The highest BCUT2D eigenvalue weighted by Crippen LogP contribution is 2.30. The Bertz CT molecular complexity index is 276. The van der Waals surface area contributed by atoms with Gasteiger partial charge in [0, 0.05) is 0 Å². The number of hydrogen-bond donors (Lipinski definition) is 3. The first-order valence-electron chi connectivity index (χ1n) is 6.24. The smallest absolute Gasteiger partial charge is 0.307 e. The molecule has 1 saturated carbocycles. The highest BCUT2D eigenvalue weighted by molar-refractivity contribution is 5.85. The number of nitrogens with one attached hydrogen (secondary N) is 1. The summed E-state index contributed by atoms with van der Waals surface area (Å²) in [5.74, 6) is -2.12. The van der Waals surface area contributed by atoms with Crippen molar-refractivity contribution in [2.75, 3.05) is 6.61 Å². The van der Waals surface area contributed by atoms with Crippen LogP contribution < -0.4 is 5.32 Å². The van der Waals surface area contributed by atoms with Gasteiger partial charge in [0.1, 0.15) is 0 Å². The van der Waals surface area contributed by atoms with Crippen LogP contribution in [0.3, 0.4) is 0 Å². The molecule has 3 N–H and O–H groups in total. The number of aliphatic hydroxyl groups excluding tert-OH is 1. The van der Waals surface area contributed by atoms with Gasteiger partial charge in [-0.2, -0.15) is 0 Å². The third-order valence-corrected chi connectivity index (χ3v) is 3.48. The average molecular weight is 243 g/mol. The van der Waals surface area contributed by atoms with Crippen LogP contribution in [0.4, 0.5) is 0 Å². The molecule has 0 radical (unpaired) electrons. The number of carboxylic acid groups (broad SMARTS) is 1. The first kappa shape index (κ1) is 14.0. The van der Waals surface area contributed by atoms with Crippen LogP contribution in [0, 0.1) is 11.8 Å². The molecule has 0 bridgehead atoms. The Hall–Kier alpha value is -1.10. The van der Waals surface area contributed by atoms with Crippen LogP contribution in [-0.2, 0) is 9.59 Å². The molecule has 0 aromatic heterocycles. The lowest BCUT2D eigenvalue weighted by Crippen LogP contribution is -2.45. The number of aliphatic hydroxyl groups is 1. The summed E-state index contributed by atoms with van der Waals surface area (Å²) in [6.45, 7) is 1.77. The van der Waals surface area contributed by atoms with Crippen molar-refractivity contribution in [2.24, 2.45) is 11.8 Å². The summed E-state index contributed by atoms with van der Waals surface area (Å²) < 4.78 is 0. The lowest BCUT2D eigenvalue weighted by molar-refractivity contribution is -0.149. The van der Waals surface area contributed by atoms with E-state index in [1.807, 2.05) is 6.92 Å². The normalized spacial score (nSPS) is 26.2. The Morgan fingerprint density at radius 2 is 1.88 bits per heavy atom. The molecular formula is C12H21NO4. The molecule has 0 aromatic rings. The number of rotatable bonds is 5. The first-order chi connectivity index (χ1) is 8.10. The third-order valence-electron chi connectivity index (χ3n) is 3.48. The molecule has 0 unspecified atom stereocenters. The van der Waals surface area contributed by atoms with Gasteiger partial charge in [0.05, 0.1) is 24.5 Å². The number of aliphatic carboxylic acids is 1. The van der Waals surface area contributed by atoms with Crippen LogP contribution >= 0.6 is 0 Å². The predicted octanol–water partition coefficient (Wildman–Crippen LogP) is 0.764. The van der Waals surface area contributed by atoms with Crippen LogP contribution in [0.5, 0.6) is 0 Å². The van der Waals surface area contributed by atoms with Gasteiger partial charge in [-0.1, -0.05) is 19.8 Å².